The Morgan fingerprint density at radius 3 is 2.48 bits per heavy atom. The summed E-state index contributed by atoms with van der Waals surface area (Å²) in [6.07, 6.45) is 3.26. The SMILES string of the molecule is CN=C(NCCCOCC1CCOCC1)NCCNC(C)(C)C. The van der Waals surface area contributed by atoms with E-state index in [4.69, 9.17) is 9.47 Å². The van der Waals surface area contributed by atoms with E-state index in [0.29, 0.717) is 5.92 Å². The molecule has 0 aromatic heterocycles. The van der Waals surface area contributed by atoms with Crippen molar-refractivity contribution in [1.29, 1.82) is 0 Å². The largest absolute Gasteiger partial charge is 0.381 e. The normalized spacial score (nSPS) is 17.3. The van der Waals surface area contributed by atoms with Gasteiger partial charge in [-0.05, 0) is 46.0 Å². The first-order valence-corrected chi connectivity index (χ1v) is 8.86. The summed E-state index contributed by atoms with van der Waals surface area (Å²) in [7, 11) is 1.80. The van der Waals surface area contributed by atoms with E-state index in [1.165, 1.54) is 0 Å². The van der Waals surface area contributed by atoms with Gasteiger partial charge >= 0.3 is 0 Å². The van der Waals surface area contributed by atoms with E-state index in [1.807, 2.05) is 0 Å². The van der Waals surface area contributed by atoms with Crippen molar-refractivity contribution in [3.8, 4) is 0 Å². The van der Waals surface area contributed by atoms with Crippen molar-refractivity contribution < 1.29 is 9.47 Å². The Morgan fingerprint density at radius 1 is 1.13 bits per heavy atom. The molecule has 1 heterocycles. The summed E-state index contributed by atoms with van der Waals surface area (Å²) in [4.78, 5) is 4.23. The molecule has 23 heavy (non-hydrogen) atoms. The summed E-state index contributed by atoms with van der Waals surface area (Å²) < 4.78 is 11.1. The summed E-state index contributed by atoms with van der Waals surface area (Å²) in [5.74, 6) is 1.53. The first-order chi connectivity index (χ1) is 11.0. The van der Waals surface area contributed by atoms with Gasteiger partial charge in [0, 0.05) is 58.6 Å². The smallest absolute Gasteiger partial charge is 0.191 e. The summed E-state index contributed by atoms with van der Waals surface area (Å²) in [5.41, 5.74) is 0.153. The molecule has 0 aromatic rings. The number of ether oxygens (including phenoxy) is 2. The Balaban J connectivity index is 1.95. The van der Waals surface area contributed by atoms with Crippen LogP contribution in [0.1, 0.15) is 40.0 Å². The lowest BCUT2D eigenvalue weighted by molar-refractivity contribution is 0.0203. The second-order valence-electron chi connectivity index (χ2n) is 7.09. The first-order valence-electron chi connectivity index (χ1n) is 8.86. The minimum Gasteiger partial charge on any atom is -0.381 e. The molecular formula is C17H36N4O2. The average molecular weight is 329 g/mol. The predicted molar refractivity (Wildman–Crippen MR) is 96.1 cm³/mol. The molecule has 0 unspecified atom stereocenters. The summed E-state index contributed by atoms with van der Waals surface area (Å²) in [6, 6.07) is 0. The molecule has 6 heteroatoms. The van der Waals surface area contributed by atoms with Crippen molar-refractivity contribution in [2.45, 2.75) is 45.6 Å². The van der Waals surface area contributed by atoms with Gasteiger partial charge in [0.1, 0.15) is 0 Å². The fourth-order valence-corrected chi connectivity index (χ4v) is 2.38. The van der Waals surface area contributed by atoms with Crippen LogP contribution in [0.25, 0.3) is 0 Å². The molecule has 0 aliphatic carbocycles. The van der Waals surface area contributed by atoms with Crippen LogP contribution >= 0.6 is 0 Å². The second kappa shape index (κ2) is 11.6. The minimum atomic E-state index is 0.153. The molecule has 1 saturated heterocycles. The van der Waals surface area contributed by atoms with Crippen LogP contribution in [0.4, 0.5) is 0 Å². The molecule has 0 spiro atoms. The fourth-order valence-electron chi connectivity index (χ4n) is 2.38. The molecule has 1 aliphatic heterocycles. The van der Waals surface area contributed by atoms with E-state index in [9.17, 15) is 0 Å². The molecule has 6 nitrogen and oxygen atoms in total. The van der Waals surface area contributed by atoms with Crippen molar-refractivity contribution in [2.24, 2.45) is 10.9 Å². The number of hydrogen-bond donors (Lipinski definition) is 3. The molecule has 0 amide bonds. The monoisotopic (exact) mass is 328 g/mol. The topological polar surface area (TPSA) is 66.9 Å². The third-order valence-electron chi connectivity index (χ3n) is 3.75. The van der Waals surface area contributed by atoms with Gasteiger partial charge in [-0.15, -0.1) is 0 Å². The number of rotatable bonds is 9. The van der Waals surface area contributed by atoms with Crippen LogP contribution in [-0.2, 0) is 9.47 Å². The molecule has 136 valence electrons. The predicted octanol–water partition coefficient (Wildman–Crippen LogP) is 1.37. The van der Waals surface area contributed by atoms with Crippen LogP contribution in [0.2, 0.25) is 0 Å². The van der Waals surface area contributed by atoms with E-state index < -0.39 is 0 Å². The molecule has 0 radical (unpaired) electrons. The van der Waals surface area contributed by atoms with Crippen LogP contribution in [-0.4, -0.2) is 64.6 Å². The number of aliphatic imine (C=N–C) groups is 1. The summed E-state index contributed by atoms with van der Waals surface area (Å²) >= 11 is 0. The molecule has 0 aromatic carbocycles. The van der Waals surface area contributed by atoms with E-state index in [2.05, 4.69) is 41.7 Å². The van der Waals surface area contributed by atoms with Crippen LogP contribution in [0, 0.1) is 5.92 Å². The van der Waals surface area contributed by atoms with Gasteiger partial charge in [0.2, 0.25) is 0 Å². The van der Waals surface area contributed by atoms with Crippen molar-refractivity contribution in [3.05, 3.63) is 0 Å². The van der Waals surface area contributed by atoms with Gasteiger partial charge in [0.05, 0.1) is 0 Å². The van der Waals surface area contributed by atoms with Crippen LogP contribution in [0.5, 0.6) is 0 Å². The highest BCUT2D eigenvalue weighted by molar-refractivity contribution is 5.79. The lowest BCUT2D eigenvalue weighted by Crippen LogP contribution is -2.44. The molecular weight excluding hydrogens is 292 g/mol. The highest BCUT2D eigenvalue weighted by Crippen LogP contribution is 2.14. The first kappa shape index (κ1) is 20.2. The van der Waals surface area contributed by atoms with E-state index in [-0.39, 0.29) is 5.54 Å². The molecule has 0 saturated carbocycles. The maximum atomic E-state index is 5.76. The van der Waals surface area contributed by atoms with Crippen molar-refractivity contribution in [3.63, 3.8) is 0 Å². The summed E-state index contributed by atoms with van der Waals surface area (Å²) in [5, 5.41) is 10.1. The minimum absolute atomic E-state index is 0.153. The zero-order chi connectivity index (χ0) is 17.0. The third kappa shape index (κ3) is 11.3. The zero-order valence-electron chi connectivity index (χ0n) is 15.4. The van der Waals surface area contributed by atoms with Gasteiger partial charge in [0.15, 0.2) is 5.96 Å². The molecule has 1 aliphatic rings. The van der Waals surface area contributed by atoms with Crippen LogP contribution in [0.3, 0.4) is 0 Å². The molecule has 1 fully saturated rings. The van der Waals surface area contributed by atoms with Gasteiger partial charge in [-0.3, -0.25) is 4.99 Å². The Morgan fingerprint density at radius 2 is 1.83 bits per heavy atom. The molecule has 0 atom stereocenters. The highest BCUT2D eigenvalue weighted by Gasteiger charge is 2.13. The quantitative estimate of drug-likeness (QED) is 0.339. The summed E-state index contributed by atoms with van der Waals surface area (Å²) in [6.45, 7) is 12.6. The van der Waals surface area contributed by atoms with Gasteiger partial charge in [-0.25, -0.2) is 0 Å². The third-order valence-corrected chi connectivity index (χ3v) is 3.75. The van der Waals surface area contributed by atoms with Crippen molar-refractivity contribution in [2.75, 3.05) is 53.1 Å². The molecule has 0 bridgehead atoms. The maximum Gasteiger partial charge on any atom is 0.191 e. The number of nitrogens with zero attached hydrogens (tertiary/aromatic N) is 1. The van der Waals surface area contributed by atoms with E-state index >= 15 is 0 Å². The van der Waals surface area contributed by atoms with Crippen LogP contribution in [0.15, 0.2) is 4.99 Å². The standard InChI is InChI=1S/C17H36N4O2/c1-17(2,3)21-10-9-20-16(18-4)19-8-5-11-23-14-15-6-12-22-13-7-15/h15,21H,5-14H2,1-4H3,(H2,18,19,20). The van der Waals surface area contributed by atoms with Crippen molar-refractivity contribution >= 4 is 5.96 Å². The Hall–Kier alpha value is -0.850. The van der Waals surface area contributed by atoms with Gasteiger partial charge < -0.3 is 25.4 Å². The molecule has 3 N–H and O–H groups in total. The number of hydrogen-bond acceptors (Lipinski definition) is 4. The fraction of sp³-hybridized carbons (Fsp3) is 0.941. The van der Waals surface area contributed by atoms with Crippen LogP contribution < -0.4 is 16.0 Å². The Kier molecular flexibility index (Phi) is 10.2. The lowest BCUT2D eigenvalue weighted by atomic mass is 10.0. The lowest BCUT2D eigenvalue weighted by Gasteiger charge is -2.22. The number of guanidine groups is 1. The van der Waals surface area contributed by atoms with Gasteiger partial charge in [-0.2, -0.15) is 0 Å². The Bertz CT molecular complexity index is 323. The van der Waals surface area contributed by atoms with E-state index in [0.717, 1.165) is 71.3 Å². The second-order valence-corrected chi connectivity index (χ2v) is 7.09. The molecule has 1 rings (SSSR count). The van der Waals surface area contributed by atoms with Gasteiger partial charge in [-0.1, -0.05) is 0 Å². The van der Waals surface area contributed by atoms with E-state index in [1.54, 1.807) is 7.05 Å². The van der Waals surface area contributed by atoms with Gasteiger partial charge in [0.25, 0.3) is 0 Å². The Labute approximate surface area is 141 Å². The number of nitrogens with one attached hydrogen (secondary N) is 3. The average Bonchev–Trinajstić information content (AvgIpc) is 2.52. The highest BCUT2D eigenvalue weighted by atomic mass is 16.5. The maximum absolute atomic E-state index is 5.76. The zero-order valence-corrected chi connectivity index (χ0v) is 15.4. The van der Waals surface area contributed by atoms with Crippen molar-refractivity contribution in [1.82, 2.24) is 16.0 Å².